The van der Waals surface area contributed by atoms with Crippen molar-refractivity contribution in [2.24, 2.45) is 5.14 Å². The number of nitrogens with two attached hydrogens (primary N) is 1. The Labute approximate surface area is 122 Å². The maximum atomic E-state index is 11.9. The molecular weight excluding hydrogens is 306 g/mol. The van der Waals surface area contributed by atoms with Gasteiger partial charge in [-0.25, -0.2) is 18.4 Å². The van der Waals surface area contributed by atoms with E-state index in [0.29, 0.717) is 5.56 Å². The van der Waals surface area contributed by atoms with E-state index in [-0.39, 0.29) is 22.1 Å². The van der Waals surface area contributed by atoms with Crippen LogP contribution in [0.4, 0.5) is 0 Å². The number of carbonyl (C=O) groups excluding carboxylic acids is 1. The van der Waals surface area contributed by atoms with Gasteiger partial charge < -0.3 is 9.47 Å². The number of esters is 1. The summed E-state index contributed by atoms with van der Waals surface area (Å²) in [5.74, 6) is -0.667. The SMILES string of the molecule is COCC(C)OC(=O)c1cc(C)c(Cl)c(S(N)(=O)=O)c1. The second kappa shape index (κ2) is 6.53. The molecule has 0 saturated carbocycles. The van der Waals surface area contributed by atoms with Crippen LogP contribution in [-0.4, -0.2) is 34.2 Å². The molecule has 0 aliphatic carbocycles. The lowest BCUT2D eigenvalue weighted by atomic mass is 10.1. The van der Waals surface area contributed by atoms with E-state index in [0.717, 1.165) is 6.07 Å². The predicted octanol–water partition coefficient (Wildman–Crippen LogP) is 1.49. The zero-order chi connectivity index (χ0) is 15.5. The summed E-state index contributed by atoms with van der Waals surface area (Å²) < 4.78 is 32.8. The van der Waals surface area contributed by atoms with Crippen molar-refractivity contribution in [2.45, 2.75) is 24.8 Å². The zero-order valence-electron chi connectivity index (χ0n) is 11.3. The Balaban J connectivity index is 3.15. The van der Waals surface area contributed by atoms with Gasteiger partial charge in [-0.2, -0.15) is 0 Å². The quantitative estimate of drug-likeness (QED) is 0.829. The minimum absolute atomic E-state index is 0.00556. The first-order valence-electron chi connectivity index (χ1n) is 5.69. The highest BCUT2D eigenvalue weighted by Crippen LogP contribution is 2.26. The van der Waals surface area contributed by atoms with Crippen molar-refractivity contribution in [3.63, 3.8) is 0 Å². The average molecular weight is 322 g/mol. The van der Waals surface area contributed by atoms with E-state index in [1.54, 1.807) is 13.8 Å². The fraction of sp³-hybridized carbons (Fsp3) is 0.417. The van der Waals surface area contributed by atoms with E-state index in [9.17, 15) is 13.2 Å². The van der Waals surface area contributed by atoms with E-state index in [4.69, 9.17) is 26.2 Å². The molecule has 1 rings (SSSR count). The van der Waals surface area contributed by atoms with Crippen molar-refractivity contribution in [1.29, 1.82) is 0 Å². The van der Waals surface area contributed by atoms with Gasteiger partial charge >= 0.3 is 5.97 Å². The Bertz CT molecular complexity index is 615. The van der Waals surface area contributed by atoms with Crippen molar-refractivity contribution >= 4 is 27.6 Å². The largest absolute Gasteiger partial charge is 0.457 e. The molecule has 1 aromatic carbocycles. The molecule has 1 aromatic rings. The minimum Gasteiger partial charge on any atom is -0.457 e. The molecule has 6 nitrogen and oxygen atoms in total. The van der Waals surface area contributed by atoms with Crippen LogP contribution in [0, 0.1) is 6.92 Å². The molecule has 0 aliphatic heterocycles. The Hall–Kier alpha value is -1.15. The summed E-state index contributed by atoms with van der Waals surface area (Å²) in [6.45, 7) is 3.47. The van der Waals surface area contributed by atoms with Crippen LogP contribution in [0.1, 0.15) is 22.8 Å². The molecule has 112 valence electrons. The number of rotatable bonds is 5. The predicted molar refractivity (Wildman–Crippen MR) is 74.3 cm³/mol. The minimum atomic E-state index is -4.02. The van der Waals surface area contributed by atoms with E-state index in [1.807, 2.05) is 0 Å². The number of primary sulfonamides is 1. The van der Waals surface area contributed by atoms with Crippen molar-refractivity contribution in [3.05, 3.63) is 28.3 Å². The Kier molecular flexibility index (Phi) is 5.52. The van der Waals surface area contributed by atoms with Crippen LogP contribution >= 0.6 is 11.6 Å². The van der Waals surface area contributed by atoms with Crippen LogP contribution < -0.4 is 5.14 Å². The number of carbonyl (C=O) groups is 1. The third-order valence-electron chi connectivity index (χ3n) is 2.47. The number of ether oxygens (including phenoxy) is 2. The molecule has 0 saturated heterocycles. The molecule has 0 fully saturated rings. The van der Waals surface area contributed by atoms with Gasteiger partial charge in [0.25, 0.3) is 0 Å². The number of benzene rings is 1. The van der Waals surface area contributed by atoms with E-state index in [1.165, 1.54) is 13.2 Å². The fourth-order valence-electron chi connectivity index (χ4n) is 1.58. The molecule has 1 atom stereocenters. The maximum Gasteiger partial charge on any atom is 0.338 e. The summed E-state index contributed by atoms with van der Waals surface area (Å²) in [5.41, 5.74) is 0.489. The van der Waals surface area contributed by atoms with Crippen molar-refractivity contribution in [3.8, 4) is 0 Å². The zero-order valence-corrected chi connectivity index (χ0v) is 12.9. The number of hydrogen-bond donors (Lipinski definition) is 1. The summed E-state index contributed by atoms with van der Waals surface area (Å²) in [5, 5.41) is 5.05. The van der Waals surface area contributed by atoms with Gasteiger partial charge in [0, 0.05) is 7.11 Å². The van der Waals surface area contributed by atoms with Gasteiger partial charge in [0.1, 0.15) is 11.0 Å². The number of hydrogen-bond acceptors (Lipinski definition) is 5. The normalized spacial score (nSPS) is 13.1. The molecule has 0 spiro atoms. The highest BCUT2D eigenvalue weighted by atomic mass is 35.5. The highest BCUT2D eigenvalue weighted by molar-refractivity contribution is 7.89. The van der Waals surface area contributed by atoms with Gasteiger partial charge in [0.2, 0.25) is 10.0 Å². The molecule has 0 bridgehead atoms. The van der Waals surface area contributed by atoms with Crippen LogP contribution in [0.5, 0.6) is 0 Å². The molecule has 0 radical (unpaired) electrons. The van der Waals surface area contributed by atoms with Gasteiger partial charge in [0.15, 0.2) is 0 Å². The first-order chi connectivity index (χ1) is 9.16. The third-order valence-corrected chi connectivity index (χ3v) is 4.02. The van der Waals surface area contributed by atoms with Gasteiger partial charge in [-0.05, 0) is 31.5 Å². The molecule has 0 amide bonds. The first-order valence-corrected chi connectivity index (χ1v) is 7.62. The van der Waals surface area contributed by atoms with Crippen LogP contribution in [0.2, 0.25) is 5.02 Å². The topological polar surface area (TPSA) is 95.7 Å². The Morgan fingerprint density at radius 1 is 1.45 bits per heavy atom. The third kappa shape index (κ3) is 4.17. The number of halogens is 1. The van der Waals surface area contributed by atoms with Gasteiger partial charge in [-0.15, -0.1) is 0 Å². The summed E-state index contributed by atoms with van der Waals surface area (Å²) in [4.78, 5) is 11.6. The van der Waals surface area contributed by atoms with E-state index < -0.39 is 22.1 Å². The molecule has 0 heterocycles. The molecule has 2 N–H and O–H groups in total. The number of aryl methyl sites for hydroxylation is 1. The number of sulfonamides is 1. The lowest BCUT2D eigenvalue weighted by Crippen LogP contribution is -2.20. The van der Waals surface area contributed by atoms with Crippen molar-refractivity contribution in [2.75, 3.05) is 13.7 Å². The van der Waals surface area contributed by atoms with Crippen LogP contribution in [0.25, 0.3) is 0 Å². The molecule has 8 heteroatoms. The van der Waals surface area contributed by atoms with E-state index >= 15 is 0 Å². The second-order valence-corrected chi connectivity index (χ2v) is 6.23. The van der Waals surface area contributed by atoms with Crippen molar-refractivity contribution in [1.82, 2.24) is 0 Å². The Morgan fingerprint density at radius 2 is 2.05 bits per heavy atom. The monoisotopic (exact) mass is 321 g/mol. The van der Waals surface area contributed by atoms with Gasteiger partial charge in [-0.3, -0.25) is 0 Å². The van der Waals surface area contributed by atoms with E-state index in [2.05, 4.69) is 0 Å². The summed E-state index contributed by atoms with van der Waals surface area (Å²) >= 11 is 5.88. The van der Waals surface area contributed by atoms with Gasteiger partial charge in [-0.1, -0.05) is 11.6 Å². The summed E-state index contributed by atoms with van der Waals surface area (Å²) in [7, 11) is -2.53. The standard InChI is InChI=1S/C12H16ClNO5S/c1-7-4-9(12(15)19-8(2)6-18-3)5-10(11(7)13)20(14,16)17/h4-5,8H,6H2,1-3H3,(H2,14,16,17). The molecule has 0 aliphatic rings. The van der Waals surface area contributed by atoms with Crippen molar-refractivity contribution < 1.29 is 22.7 Å². The fourth-order valence-corrected chi connectivity index (χ4v) is 2.72. The Morgan fingerprint density at radius 3 is 2.55 bits per heavy atom. The molecule has 0 aromatic heterocycles. The van der Waals surface area contributed by atoms with Crippen LogP contribution in [-0.2, 0) is 19.5 Å². The average Bonchev–Trinajstić information content (AvgIpc) is 2.30. The smallest absolute Gasteiger partial charge is 0.338 e. The maximum absolute atomic E-state index is 11.9. The summed E-state index contributed by atoms with van der Waals surface area (Å²) in [6, 6.07) is 2.55. The highest BCUT2D eigenvalue weighted by Gasteiger charge is 2.20. The second-order valence-electron chi connectivity index (χ2n) is 4.32. The summed E-state index contributed by atoms with van der Waals surface area (Å²) in [6.07, 6.45) is -0.457. The number of methoxy groups -OCH3 is 1. The van der Waals surface area contributed by atoms with Gasteiger partial charge in [0.05, 0.1) is 17.2 Å². The van der Waals surface area contributed by atoms with Crippen LogP contribution in [0.15, 0.2) is 17.0 Å². The lowest BCUT2D eigenvalue weighted by Gasteiger charge is -2.13. The molecule has 20 heavy (non-hydrogen) atoms. The first kappa shape index (κ1) is 16.9. The lowest BCUT2D eigenvalue weighted by molar-refractivity contribution is 0.0120. The van der Waals surface area contributed by atoms with Crippen LogP contribution in [0.3, 0.4) is 0 Å². The molecule has 1 unspecified atom stereocenters. The molecular formula is C12H16ClNO5S.